The maximum absolute atomic E-state index is 5.20. The minimum Gasteiger partial charge on any atom is -0.379 e. The monoisotopic (exact) mass is 264 g/mol. The van der Waals surface area contributed by atoms with Crippen molar-refractivity contribution in [2.45, 2.75) is 16.7 Å². The topological polar surface area (TPSA) is 24.5 Å². The molecule has 0 saturated carbocycles. The van der Waals surface area contributed by atoms with Crippen LogP contribution in [0.5, 0.6) is 0 Å². The summed E-state index contributed by atoms with van der Waals surface area (Å²) in [4.78, 5) is 3.88. The maximum Gasteiger partial charge on any atom is 0.0611 e. The minimum absolute atomic E-state index is 0.670. The van der Waals surface area contributed by atoms with Gasteiger partial charge in [-0.2, -0.15) is 0 Å². The fraction of sp³-hybridized carbons (Fsp3) is 0.571. The van der Waals surface area contributed by atoms with Gasteiger partial charge in [-0.15, -0.1) is 11.8 Å². The fourth-order valence-corrected chi connectivity index (χ4v) is 3.28. The van der Waals surface area contributed by atoms with Crippen molar-refractivity contribution in [3.8, 4) is 0 Å². The van der Waals surface area contributed by atoms with Crippen LogP contribution in [0.25, 0.3) is 0 Å². The van der Waals surface area contributed by atoms with Crippen LogP contribution in [-0.2, 0) is 11.3 Å². The lowest BCUT2D eigenvalue weighted by atomic mass is 10.2. The Morgan fingerprint density at radius 3 is 2.50 bits per heavy atom. The van der Waals surface area contributed by atoms with Crippen molar-refractivity contribution in [1.29, 1.82) is 0 Å². The Hall–Kier alpha value is -0.550. The number of nitrogens with zero attached hydrogens (tertiary/aromatic N) is 1. The van der Waals surface area contributed by atoms with E-state index in [9.17, 15) is 0 Å². The SMILES string of the molecule is c1cc(SC2COC2)ccc1CN1CCNCC1. The molecule has 0 radical (unpaired) electrons. The van der Waals surface area contributed by atoms with Gasteiger partial charge in [-0.1, -0.05) is 12.1 Å². The molecule has 2 aliphatic rings. The van der Waals surface area contributed by atoms with Crippen LogP contribution < -0.4 is 5.32 Å². The average molecular weight is 264 g/mol. The Kier molecular flexibility index (Phi) is 4.20. The molecular weight excluding hydrogens is 244 g/mol. The van der Waals surface area contributed by atoms with E-state index in [0.717, 1.165) is 45.9 Å². The highest BCUT2D eigenvalue weighted by Gasteiger charge is 2.19. The molecule has 0 amide bonds. The van der Waals surface area contributed by atoms with Crippen LogP contribution in [0.4, 0.5) is 0 Å². The molecule has 18 heavy (non-hydrogen) atoms. The molecule has 2 saturated heterocycles. The van der Waals surface area contributed by atoms with Gasteiger partial charge in [-0.05, 0) is 17.7 Å². The van der Waals surface area contributed by atoms with E-state index in [4.69, 9.17) is 4.74 Å². The standard InChI is InChI=1S/C14H20N2OS/c1-3-13(18-14-10-17-11-14)4-2-12(1)9-16-7-5-15-6-8-16/h1-4,14-15H,5-11H2. The highest BCUT2D eigenvalue weighted by atomic mass is 32.2. The summed E-state index contributed by atoms with van der Waals surface area (Å²) in [5.41, 5.74) is 1.42. The second kappa shape index (κ2) is 6.06. The number of thioether (sulfide) groups is 1. The number of piperazine rings is 1. The van der Waals surface area contributed by atoms with E-state index < -0.39 is 0 Å². The average Bonchev–Trinajstić information content (AvgIpc) is 2.37. The van der Waals surface area contributed by atoms with Crippen molar-refractivity contribution >= 4 is 11.8 Å². The van der Waals surface area contributed by atoms with Crippen LogP contribution in [0.1, 0.15) is 5.56 Å². The van der Waals surface area contributed by atoms with Gasteiger partial charge < -0.3 is 10.1 Å². The zero-order valence-corrected chi connectivity index (χ0v) is 11.4. The number of rotatable bonds is 4. The third-order valence-corrected chi connectivity index (χ3v) is 4.60. The van der Waals surface area contributed by atoms with Crippen LogP contribution in [0.15, 0.2) is 29.2 Å². The van der Waals surface area contributed by atoms with Crippen molar-refractivity contribution in [3.63, 3.8) is 0 Å². The summed E-state index contributed by atoms with van der Waals surface area (Å²) in [5, 5.41) is 4.06. The molecule has 0 bridgehead atoms. The predicted molar refractivity (Wildman–Crippen MR) is 75.1 cm³/mol. The molecule has 0 atom stereocenters. The van der Waals surface area contributed by atoms with E-state index >= 15 is 0 Å². The summed E-state index contributed by atoms with van der Waals surface area (Å²) in [6, 6.07) is 9.04. The van der Waals surface area contributed by atoms with Crippen LogP contribution >= 0.6 is 11.8 Å². The Bertz CT molecular complexity index is 372. The predicted octanol–water partition coefficient (Wildman–Crippen LogP) is 1.58. The lowest BCUT2D eigenvalue weighted by Crippen LogP contribution is -2.42. The van der Waals surface area contributed by atoms with Gasteiger partial charge in [0, 0.05) is 37.6 Å². The van der Waals surface area contributed by atoms with Crippen LogP contribution in [0, 0.1) is 0 Å². The van der Waals surface area contributed by atoms with Crippen molar-refractivity contribution in [3.05, 3.63) is 29.8 Å². The minimum atomic E-state index is 0.670. The van der Waals surface area contributed by atoms with Gasteiger partial charge in [0.25, 0.3) is 0 Å². The largest absolute Gasteiger partial charge is 0.379 e. The zero-order valence-electron chi connectivity index (χ0n) is 10.6. The first-order valence-electron chi connectivity index (χ1n) is 6.66. The van der Waals surface area contributed by atoms with Gasteiger partial charge in [0.1, 0.15) is 0 Å². The molecule has 1 N–H and O–H groups in total. The highest BCUT2D eigenvalue weighted by molar-refractivity contribution is 8.00. The Morgan fingerprint density at radius 1 is 1.17 bits per heavy atom. The van der Waals surface area contributed by atoms with Gasteiger partial charge in [-0.3, -0.25) is 4.90 Å². The number of hydrogen-bond acceptors (Lipinski definition) is 4. The Balaban J connectivity index is 1.52. The molecular formula is C14H20N2OS. The number of nitrogens with one attached hydrogen (secondary N) is 1. The third-order valence-electron chi connectivity index (χ3n) is 3.45. The van der Waals surface area contributed by atoms with Crippen LogP contribution in [0.2, 0.25) is 0 Å². The molecule has 3 nitrogen and oxygen atoms in total. The first-order valence-corrected chi connectivity index (χ1v) is 7.54. The second-order valence-corrected chi connectivity index (χ2v) is 6.32. The smallest absolute Gasteiger partial charge is 0.0611 e. The zero-order chi connectivity index (χ0) is 12.2. The quantitative estimate of drug-likeness (QED) is 0.892. The molecule has 0 aliphatic carbocycles. The van der Waals surface area contributed by atoms with Crippen molar-refractivity contribution < 1.29 is 4.74 Å². The molecule has 0 spiro atoms. The summed E-state index contributed by atoms with van der Waals surface area (Å²) in [6.07, 6.45) is 0. The van der Waals surface area contributed by atoms with Gasteiger partial charge >= 0.3 is 0 Å². The van der Waals surface area contributed by atoms with Gasteiger partial charge in [0.05, 0.1) is 18.5 Å². The summed E-state index contributed by atoms with van der Waals surface area (Å²) < 4.78 is 5.20. The summed E-state index contributed by atoms with van der Waals surface area (Å²) in [5.74, 6) is 0. The summed E-state index contributed by atoms with van der Waals surface area (Å²) in [6.45, 7) is 7.47. The van der Waals surface area contributed by atoms with Gasteiger partial charge in [-0.25, -0.2) is 0 Å². The Morgan fingerprint density at radius 2 is 1.89 bits per heavy atom. The van der Waals surface area contributed by atoms with Crippen molar-refractivity contribution in [2.75, 3.05) is 39.4 Å². The number of benzene rings is 1. The molecule has 2 aliphatic heterocycles. The molecule has 1 aromatic rings. The van der Waals surface area contributed by atoms with E-state index in [1.165, 1.54) is 10.5 Å². The van der Waals surface area contributed by atoms with Crippen LogP contribution in [-0.4, -0.2) is 49.5 Å². The van der Waals surface area contributed by atoms with E-state index in [1.807, 2.05) is 11.8 Å². The molecule has 0 unspecified atom stereocenters. The van der Waals surface area contributed by atoms with Gasteiger partial charge in [0.2, 0.25) is 0 Å². The van der Waals surface area contributed by atoms with Crippen molar-refractivity contribution in [2.24, 2.45) is 0 Å². The highest BCUT2D eigenvalue weighted by Crippen LogP contribution is 2.28. The van der Waals surface area contributed by atoms with Crippen molar-refractivity contribution in [1.82, 2.24) is 10.2 Å². The molecule has 1 aromatic carbocycles. The maximum atomic E-state index is 5.20. The Labute approximate surface area is 113 Å². The first-order chi connectivity index (χ1) is 8.90. The van der Waals surface area contributed by atoms with Crippen LogP contribution in [0.3, 0.4) is 0 Å². The lowest BCUT2D eigenvalue weighted by molar-refractivity contribution is 0.0455. The number of ether oxygens (including phenoxy) is 1. The lowest BCUT2D eigenvalue weighted by Gasteiger charge is -2.27. The molecule has 2 heterocycles. The van der Waals surface area contributed by atoms with E-state index in [0.29, 0.717) is 5.25 Å². The molecule has 3 rings (SSSR count). The summed E-state index contributed by atoms with van der Waals surface area (Å²) >= 11 is 1.94. The van der Waals surface area contributed by atoms with E-state index in [-0.39, 0.29) is 0 Å². The number of hydrogen-bond donors (Lipinski definition) is 1. The summed E-state index contributed by atoms with van der Waals surface area (Å²) in [7, 11) is 0. The van der Waals surface area contributed by atoms with Gasteiger partial charge in [0.15, 0.2) is 0 Å². The van der Waals surface area contributed by atoms with E-state index in [2.05, 4.69) is 34.5 Å². The molecule has 2 fully saturated rings. The molecule has 4 heteroatoms. The molecule has 98 valence electrons. The normalized spacial score (nSPS) is 21.8. The second-order valence-electron chi connectivity index (χ2n) is 4.95. The molecule has 0 aromatic heterocycles. The third kappa shape index (κ3) is 3.26. The fourth-order valence-electron chi connectivity index (χ4n) is 2.28. The van der Waals surface area contributed by atoms with E-state index in [1.54, 1.807) is 0 Å². The first kappa shape index (κ1) is 12.5.